The van der Waals surface area contributed by atoms with Gasteiger partial charge in [-0.05, 0) is 19.1 Å². The first kappa shape index (κ1) is 9.98. The maximum atomic E-state index is 11.9. The van der Waals surface area contributed by atoms with Crippen molar-refractivity contribution in [3.63, 3.8) is 0 Å². The highest BCUT2D eigenvalue weighted by atomic mass is 32.1. The van der Waals surface area contributed by atoms with Gasteiger partial charge in [-0.25, -0.2) is 4.98 Å². The number of nitrogens with zero attached hydrogens (tertiary/aromatic N) is 1. The van der Waals surface area contributed by atoms with E-state index in [1.54, 1.807) is 12.4 Å². The zero-order chi connectivity index (χ0) is 10.8. The van der Waals surface area contributed by atoms with Gasteiger partial charge >= 0.3 is 0 Å². The summed E-state index contributed by atoms with van der Waals surface area (Å²) in [5.74, 6) is 0.213. The Bertz CT molecular complexity index is 491. The number of hydrogen-bond donors (Lipinski definition) is 2. The molecule has 1 aromatic heterocycles. The number of H-pyrrole nitrogens is 1. The van der Waals surface area contributed by atoms with Crippen LogP contribution in [-0.2, 0) is 0 Å². The Morgan fingerprint density at radius 1 is 1.47 bits per heavy atom. The Morgan fingerprint density at radius 2 is 2.27 bits per heavy atom. The molecule has 0 spiro atoms. The van der Waals surface area contributed by atoms with Crippen molar-refractivity contribution >= 4 is 18.4 Å². The quantitative estimate of drug-likeness (QED) is 0.600. The maximum Gasteiger partial charge on any atom is 0.229 e. The second-order valence-corrected chi connectivity index (χ2v) is 3.77. The summed E-state index contributed by atoms with van der Waals surface area (Å²) in [6.45, 7) is 1.94. The molecule has 0 radical (unpaired) electrons. The zero-order valence-corrected chi connectivity index (χ0v) is 9.08. The summed E-state index contributed by atoms with van der Waals surface area (Å²) in [6.07, 6.45) is 3.18. The molecule has 2 aromatic rings. The largest absolute Gasteiger partial charge is 0.342 e. The van der Waals surface area contributed by atoms with Crippen LogP contribution in [0.2, 0.25) is 0 Å². The van der Waals surface area contributed by atoms with Crippen molar-refractivity contribution in [1.29, 1.82) is 0 Å². The molecule has 0 aliphatic carbocycles. The second-order valence-electron chi connectivity index (χ2n) is 3.29. The molecule has 0 saturated heterocycles. The number of thiol groups is 1. The van der Waals surface area contributed by atoms with E-state index in [-0.39, 0.29) is 5.78 Å². The Morgan fingerprint density at radius 3 is 2.93 bits per heavy atom. The number of nitrogens with one attached hydrogen (secondary N) is 1. The lowest BCUT2D eigenvalue weighted by molar-refractivity contribution is 0.102. The Balaban J connectivity index is 2.46. The monoisotopic (exact) mass is 218 g/mol. The van der Waals surface area contributed by atoms with Gasteiger partial charge in [0.05, 0.1) is 0 Å². The molecule has 0 saturated carbocycles. The van der Waals surface area contributed by atoms with Crippen molar-refractivity contribution in [3.8, 4) is 0 Å². The third kappa shape index (κ3) is 1.94. The van der Waals surface area contributed by atoms with Gasteiger partial charge < -0.3 is 4.98 Å². The summed E-state index contributed by atoms with van der Waals surface area (Å²) in [5, 5.41) is 0. The predicted octanol–water partition coefficient (Wildman–Crippen LogP) is 2.24. The average Bonchev–Trinajstić information content (AvgIpc) is 2.74. The summed E-state index contributed by atoms with van der Waals surface area (Å²) in [5.41, 5.74) is 1.61. The van der Waals surface area contributed by atoms with Crippen LogP contribution in [0.15, 0.2) is 35.5 Å². The molecule has 0 aliphatic heterocycles. The fourth-order valence-electron chi connectivity index (χ4n) is 1.35. The molecule has 0 unspecified atom stereocenters. The number of aromatic nitrogens is 2. The van der Waals surface area contributed by atoms with Crippen LogP contribution in [0.4, 0.5) is 0 Å². The molecule has 4 heteroatoms. The molecule has 3 nitrogen and oxygen atoms in total. The van der Waals surface area contributed by atoms with Gasteiger partial charge in [-0.1, -0.05) is 11.6 Å². The van der Waals surface area contributed by atoms with Gasteiger partial charge in [0, 0.05) is 22.9 Å². The van der Waals surface area contributed by atoms with Gasteiger partial charge in [0.15, 0.2) is 5.82 Å². The molecular weight excluding hydrogens is 208 g/mol. The van der Waals surface area contributed by atoms with Crippen molar-refractivity contribution in [3.05, 3.63) is 47.5 Å². The molecule has 0 aliphatic rings. The van der Waals surface area contributed by atoms with E-state index in [4.69, 9.17) is 0 Å². The van der Waals surface area contributed by atoms with E-state index in [1.165, 1.54) is 0 Å². The van der Waals surface area contributed by atoms with E-state index >= 15 is 0 Å². The summed E-state index contributed by atoms with van der Waals surface area (Å²) < 4.78 is 0. The van der Waals surface area contributed by atoms with Crippen molar-refractivity contribution in [2.24, 2.45) is 0 Å². The molecule has 15 heavy (non-hydrogen) atoms. The second kappa shape index (κ2) is 3.90. The minimum absolute atomic E-state index is 0.131. The Hall–Kier alpha value is -1.55. The first-order valence-corrected chi connectivity index (χ1v) is 4.97. The molecule has 0 amide bonds. The highest BCUT2D eigenvalue weighted by Crippen LogP contribution is 2.17. The highest BCUT2D eigenvalue weighted by molar-refractivity contribution is 7.80. The topological polar surface area (TPSA) is 45.8 Å². The molecule has 0 bridgehead atoms. The Kier molecular flexibility index (Phi) is 2.60. The zero-order valence-electron chi connectivity index (χ0n) is 8.19. The summed E-state index contributed by atoms with van der Waals surface area (Å²) in [7, 11) is 0. The number of hydrogen-bond acceptors (Lipinski definition) is 3. The third-order valence-electron chi connectivity index (χ3n) is 2.11. The number of ketones is 1. The van der Waals surface area contributed by atoms with Crippen LogP contribution in [0.25, 0.3) is 0 Å². The predicted molar refractivity (Wildman–Crippen MR) is 60.5 cm³/mol. The SMILES string of the molecule is Cc1ccc(S)c(C(=O)c2ncc[nH]2)c1. The van der Waals surface area contributed by atoms with Gasteiger partial charge in [0.2, 0.25) is 5.78 Å². The van der Waals surface area contributed by atoms with Crippen molar-refractivity contribution in [1.82, 2.24) is 9.97 Å². The fourth-order valence-corrected chi connectivity index (χ4v) is 1.59. The van der Waals surface area contributed by atoms with Gasteiger partial charge in [0.1, 0.15) is 0 Å². The Labute approximate surface area is 93.0 Å². The van der Waals surface area contributed by atoms with Crippen molar-refractivity contribution < 1.29 is 4.79 Å². The summed E-state index contributed by atoms with van der Waals surface area (Å²) in [4.78, 5) is 19.3. The number of carbonyl (C=O) groups is 1. The molecule has 2 rings (SSSR count). The third-order valence-corrected chi connectivity index (χ3v) is 2.50. The molecule has 0 atom stereocenters. The van der Waals surface area contributed by atoms with Gasteiger partial charge in [0.25, 0.3) is 0 Å². The molecule has 0 fully saturated rings. The van der Waals surface area contributed by atoms with E-state index in [0.29, 0.717) is 16.3 Å². The molecule has 1 aromatic carbocycles. The number of benzene rings is 1. The van der Waals surface area contributed by atoms with Crippen molar-refractivity contribution in [2.45, 2.75) is 11.8 Å². The van der Waals surface area contributed by atoms with Gasteiger partial charge in [-0.2, -0.15) is 0 Å². The lowest BCUT2D eigenvalue weighted by Crippen LogP contribution is -2.05. The first-order valence-electron chi connectivity index (χ1n) is 4.52. The fraction of sp³-hybridized carbons (Fsp3) is 0.0909. The lowest BCUT2D eigenvalue weighted by Gasteiger charge is -2.03. The number of aromatic amines is 1. The smallest absolute Gasteiger partial charge is 0.229 e. The van der Waals surface area contributed by atoms with E-state index in [0.717, 1.165) is 5.56 Å². The molecule has 1 heterocycles. The van der Waals surface area contributed by atoms with Crippen LogP contribution < -0.4 is 0 Å². The summed E-state index contributed by atoms with van der Waals surface area (Å²) >= 11 is 4.25. The molecule has 1 N–H and O–H groups in total. The minimum atomic E-state index is -0.131. The van der Waals surface area contributed by atoms with E-state index < -0.39 is 0 Å². The number of imidazole rings is 1. The number of aryl methyl sites for hydroxylation is 1. The van der Waals surface area contributed by atoms with Crippen LogP contribution >= 0.6 is 12.6 Å². The first-order chi connectivity index (χ1) is 7.18. The van der Waals surface area contributed by atoms with Crippen molar-refractivity contribution in [2.75, 3.05) is 0 Å². The standard InChI is InChI=1S/C11H10N2OS/c1-7-2-3-9(15)8(6-7)10(14)11-12-4-5-13-11/h2-6,15H,1H3,(H,12,13). The average molecular weight is 218 g/mol. The van der Waals surface area contributed by atoms with Gasteiger partial charge in [-0.15, -0.1) is 12.6 Å². The maximum absolute atomic E-state index is 11.9. The number of carbonyl (C=O) groups excluding carboxylic acids is 1. The van der Waals surface area contributed by atoms with E-state index in [1.807, 2.05) is 25.1 Å². The van der Waals surface area contributed by atoms with Crippen LogP contribution in [-0.4, -0.2) is 15.8 Å². The highest BCUT2D eigenvalue weighted by Gasteiger charge is 2.13. The van der Waals surface area contributed by atoms with E-state index in [2.05, 4.69) is 22.6 Å². The van der Waals surface area contributed by atoms with E-state index in [9.17, 15) is 4.79 Å². The number of rotatable bonds is 2. The van der Waals surface area contributed by atoms with Crippen LogP contribution in [0, 0.1) is 6.92 Å². The molecule has 76 valence electrons. The lowest BCUT2D eigenvalue weighted by atomic mass is 10.1. The van der Waals surface area contributed by atoms with Crippen LogP contribution in [0.1, 0.15) is 21.7 Å². The normalized spacial score (nSPS) is 10.3. The minimum Gasteiger partial charge on any atom is -0.342 e. The van der Waals surface area contributed by atoms with Gasteiger partial charge in [-0.3, -0.25) is 4.79 Å². The van der Waals surface area contributed by atoms with Crippen LogP contribution in [0.5, 0.6) is 0 Å². The molecular formula is C11H10N2OS. The van der Waals surface area contributed by atoms with Crippen LogP contribution in [0.3, 0.4) is 0 Å². The summed E-state index contributed by atoms with van der Waals surface area (Å²) in [6, 6.07) is 5.54.